The Morgan fingerprint density at radius 2 is 0.882 bits per heavy atom. The van der Waals surface area contributed by atoms with Crippen molar-refractivity contribution in [1.29, 1.82) is 0 Å². The minimum absolute atomic E-state index is 0.573. The molecule has 16 rings (SSSR count). The third-order valence-electron chi connectivity index (χ3n) is 15.1. The van der Waals surface area contributed by atoms with E-state index >= 15 is 0 Å². The molecule has 354 valence electrons. The van der Waals surface area contributed by atoms with Gasteiger partial charge in [0, 0.05) is 86.0 Å². The summed E-state index contributed by atoms with van der Waals surface area (Å²) in [5.41, 5.74) is 16.3. The van der Waals surface area contributed by atoms with Gasteiger partial charge in [-0.15, -0.1) is 11.3 Å². The van der Waals surface area contributed by atoms with Crippen LogP contribution >= 0.6 is 11.3 Å². The molecule has 0 saturated carbocycles. The first-order chi connectivity index (χ1) is 37.6. The van der Waals surface area contributed by atoms with E-state index in [-0.39, 0.29) is 0 Å². The third kappa shape index (κ3) is 6.69. The summed E-state index contributed by atoms with van der Waals surface area (Å²) < 4.78 is 18.1. The molecule has 0 radical (unpaired) electrons. The van der Waals surface area contributed by atoms with Crippen LogP contribution in [0.15, 0.2) is 251 Å². The SMILES string of the molecule is c1ccc(-c2ccc3c(c2)oc2cc(-c4nc(-c5ccccc5)nc(-c5cccc6sc7c(-c8cccc9c8oc8ccc(-c%10ccc%11c(c%10)c%10ccccc%10n%11-c%10ccccc%10)cc89)cccc7c56)n4)ccc23)cc1. The quantitative estimate of drug-likeness (QED) is 0.159. The molecule has 0 aliphatic heterocycles. The first-order valence-electron chi connectivity index (χ1n) is 25.5. The summed E-state index contributed by atoms with van der Waals surface area (Å²) in [6, 6.07) is 85.6. The van der Waals surface area contributed by atoms with Gasteiger partial charge in [-0.2, -0.15) is 0 Å². The molecule has 0 amide bonds. The number of furan rings is 2. The van der Waals surface area contributed by atoms with Gasteiger partial charge < -0.3 is 13.4 Å². The van der Waals surface area contributed by atoms with Crippen LogP contribution in [0.25, 0.3) is 159 Å². The number of para-hydroxylation sites is 3. The highest BCUT2D eigenvalue weighted by molar-refractivity contribution is 7.26. The van der Waals surface area contributed by atoms with E-state index in [4.69, 9.17) is 23.8 Å². The molecule has 0 fully saturated rings. The molecule has 16 aromatic rings. The van der Waals surface area contributed by atoms with Gasteiger partial charge in [0.25, 0.3) is 0 Å². The normalized spacial score (nSPS) is 11.9. The van der Waals surface area contributed by atoms with E-state index in [1.165, 1.54) is 26.5 Å². The highest BCUT2D eigenvalue weighted by Crippen LogP contribution is 2.47. The van der Waals surface area contributed by atoms with Crippen LogP contribution in [-0.2, 0) is 0 Å². The number of thiophene rings is 1. The average Bonchev–Trinajstić information content (AvgIpc) is 4.32. The molecule has 0 bridgehead atoms. The summed E-state index contributed by atoms with van der Waals surface area (Å²) in [7, 11) is 0. The van der Waals surface area contributed by atoms with Crippen LogP contribution in [0, 0.1) is 0 Å². The number of fused-ring (bicyclic) bond motifs is 12. The number of hydrogen-bond acceptors (Lipinski definition) is 6. The molecule has 0 aliphatic rings. The molecule has 0 saturated heterocycles. The van der Waals surface area contributed by atoms with Gasteiger partial charge in [0.2, 0.25) is 0 Å². The molecule has 0 unspecified atom stereocenters. The third-order valence-corrected chi connectivity index (χ3v) is 16.3. The molecule has 0 spiro atoms. The van der Waals surface area contributed by atoms with Gasteiger partial charge >= 0.3 is 0 Å². The van der Waals surface area contributed by atoms with Crippen LogP contribution in [0.3, 0.4) is 0 Å². The monoisotopic (exact) mass is 988 g/mol. The van der Waals surface area contributed by atoms with Gasteiger partial charge in [-0.25, -0.2) is 15.0 Å². The van der Waals surface area contributed by atoms with E-state index in [1.807, 2.05) is 36.4 Å². The zero-order valence-corrected chi connectivity index (χ0v) is 41.4. The fraction of sp³-hybridized carbons (Fsp3) is 0. The predicted octanol–water partition coefficient (Wildman–Crippen LogP) is 19.1. The van der Waals surface area contributed by atoms with E-state index in [0.29, 0.717) is 17.5 Å². The maximum absolute atomic E-state index is 6.87. The molecular weight excluding hydrogens is 949 g/mol. The van der Waals surface area contributed by atoms with Crippen LogP contribution in [0.1, 0.15) is 0 Å². The number of hydrogen-bond donors (Lipinski definition) is 0. The number of aromatic nitrogens is 4. The Balaban J connectivity index is 0.806. The molecule has 0 aliphatic carbocycles. The fourth-order valence-corrected chi connectivity index (χ4v) is 12.8. The summed E-state index contributed by atoms with van der Waals surface area (Å²) >= 11 is 1.79. The molecular formula is C69H40N4O2S. The predicted molar refractivity (Wildman–Crippen MR) is 314 cm³/mol. The Labute approximate surface area is 439 Å². The fourth-order valence-electron chi connectivity index (χ4n) is 11.5. The Morgan fingerprint density at radius 1 is 0.316 bits per heavy atom. The minimum Gasteiger partial charge on any atom is -0.456 e. The van der Waals surface area contributed by atoms with E-state index in [1.54, 1.807) is 11.3 Å². The standard InChI is InChI=1S/C69H40N4O2S/c1-4-15-41(16-5-1)45-29-33-49-50-34-30-46(40-62(50)74-61(49)39-45)68-70-67(42-17-6-2-7-18-42)71-69(72-68)55-26-14-28-63-64(55)54-25-13-24-53(66(54)76-63)51-22-12-23-52-57-38-44(32-36-60(57)75-65(51)52)43-31-35-59-56(37-43)48-21-10-11-27-58(48)73(59)47-19-8-3-9-20-47/h1-40H. The number of benzene rings is 11. The van der Waals surface area contributed by atoms with Gasteiger partial charge in [-0.1, -0.05) is 170 Å². The van der Waals surface area contributed by atoms with Crippen molar-refractivity contribution >= 4 is 97.2 Å². The van der Waals surface area contributed by atoms with Crippen LogP contribution < -0.4 is 0 Å². The zero-order valence-electron chi connectivity index (χ0n) is 40.6. The summed E-state index contributed by atoms with van der Waals surface area (Å²) in [5.74, 6) is 1.78. The molecule has 0 N–H and O–H groups in total. The lowest BCUT2D eigenvalue weighted by Crippen LogP contribution is -2.00. The number of rotatable bonds is 7. The molecule has 7 heteroatoms. The van der Waals surface area contributed by atoms with E-state index in [9.17, 15) is 0 Å². The van der Waals surface area contributed by atoms with Crippen LogP contribution in [0.2, 0.25) is 0 Å². The van der Waals surface area contributed by atoms with Crippen molar-refractivity contribution in [3.63, 3.8) is 0 Å². The Kier molecular flexibility index (Phi) is 9.40. The zero-order chi connectivity index (χ0) is 49.8. The Hall–Kier alpha value is -9.95. The first-order valence-corrected chi connectivity index (χ1v) is 26.3. The Bertz CT molecular complexity index is 4990. The highest BCUT2D eigenvalue weighted by atomic mass is 32.1. The van der Waals surface area contributed by atoms with Crippen molar-refractivity contribution in [1.82, 2.24) is 19.5 Å². The van der Waals surface area contributed by atoms with Crippen molar-refractivity contribution in [2.75, 3.05) is 0 Å². The minimum atomic E-state index is 0.573. The smallest absolute Gasteiger partial charge is 0.164 e. The maximum Gasteiger partial charge on any atom is 0.164 e. The van der Waals surface area contributed by atoms with Gasteiger partial charge in [-0.3, -0.25) is 0 Å². The van der Waals surface area contributed by atoms with E-state index in [0.717, 1.165) is 115 Å². The summed E-state index contributed by atoms with van der Waals surface area (Å²) in [6.45, 7) is 0. The largest absolute Gasteiger partial charge is 0.456 e. The summed E-state index contributed by atoms with van der Waals surface area (Å²) in [6.07, 6.45) is 0. The molecule has 6 nitrogen and oxygen atoms in total. The van der Waals surface area contributed by atoms with Crippen molar-refractivity contribution in [2.24, 2.45) is 0 Å². The lowest BCUT2D eigenvalue weighted by Gasteiger charge is -2.10. The van der Waals surface area contributed by atoms with Gasteiger partial charge in [0.05, 0.1) is 11.0 Å². The van der Waals surface area contributed by atoms with E-state index < -0.39 is 0 Å². The summed E-state index contributed by atoms with van der Waals surface area (Å²) in [4.78, 5) is 15.7. The van der Waals surface area contributed by atoms with Gasteiger partial charge in [0.1, 0.15) is 22.3 Å². The van der Waals surface area contributed by atoms with E-state index in [2.05, 4.69) is 211 Å². The molecule has 11 aromatic carbocycles. The van der Waals surface area contributed by atoms with Crippen LogP contribution in [0.5, 0.6) is 0 Å². The lowest BCUT2D eigenvalue weighted by atomic mass is 9.98. The second-order valence-electron chi connectivity index (χ2n) is 19.4. The molecule has 76 heavy (non-hydrogen) atoms. The number of nitrogens with zero attached hydrogens (tertiary/aromatic N) is 4. The van der Waals surface area contributed by atoms with Crippen LogP contribution in [-0.4, -0.2) is 19.5 Å². The van der Waals surface area contributed by atoms with Crippen molar-refractivity contribution in [3.8, 4) is 73.2 Å². The summed E-state index contributed by atoms with van der Waals surface area (Å²) in [5, 5.41) is 8.97. The lowest BCUT2D eigenvalue weighted by molar-refractivity contribution is 0.669. The first kappa shape index (κ1) is 42.5. The second-order valence-corrected chi connectivity index (χ2v) is 20.5. The van der Waals surface area contributed by atoms with Crippen LogP contribution in [0.4, 0.5) is 0 Å². The molecule has 5 heterocycles. The molecule has 0 atom stereocenters. The van der Waals surface area contributed by atoms with Crippen molar-refractivity contribution in [3.05, 3.63) is 243 Å². The van der Waals surface area contributed by atoms with Gasteiger partial charge in [-0.05, 0) is 95.1 Å². The highest BCUT2D eigenvalue weighted by Gasteiger charge is 2.22. The van der Waals surface area contributed by atoms with Gasteiger partial charge in [0.15, 0.2) is 17.5 Å². The average molecular weight is 989 g/mol. The molecule has 5 aromatic heterocycles. The van der Waals surface area contributed by atoms with Crippen molar-refractivity contribution < 1.29 is 8.83 Å². The maximum atomic E-state index is 6.87. The Morgan fingerprint density at radius 3 is 1.68 bits per heavy atom. The van der Waals surface area contributed by atoms with Crippen molar-refractivity contribution in [2.45, 2.75) is 0 Å². The second kappa shape index (κ2) is 16.8. The topological polar surface area (TPSA) is 69.9 Å².